The Labute approximate surface area is 172 Å². The van der Waals surface area contributed by atoms with Crippen molar-refractivity contribution in [2.24, 2.45) is 0 Å². The summed E-state index contributed by atoms with van der Waals surface area (Å²) in [4.78, 5) is 20.8. The van der Waals surface area contributed by atoms with E-state index in [2.05, 4.69) is 15.3 Å². The number of rotatable bonds is 9. The molecule has 1 N–H and O–H groups in total. The molecule has 0 radical (unpaired) electrons. The second-order valence-electron chi connectivity index (χ2n) is 5.89. The first-order chi connectivity index (χ1) is 13.7. The van der Waals surface area contributed by atoms with E-state index in [4.69, 9.17) is 9.47 Å². The third-order valence-corrected chi connectivity index (χ3v) is 5.98. The van der Waals surface area contributed by atoms with Crippen LogP contribution < -0.4 is 14.8 Å². The molecule has 0 aliphatic rings. The second kappa shape index (κ2) is 10.1. The standard InChI is InChI=1S/C20H21N3O3S2/c1-25-17-7-14(8-18(10-17)26-2)12-27-20-23-16(13-28-20)9-19(24)22-11-15-5-3-4-6-21-15/h3-8,10,13H,9,11-12H2,1-2H3,(H,22,24). The summed E-state index contributed by atoms with van der Waals surface area (Å²) in [6.07, 6.45) is 1.97. The van der Waals surface area contributed by atoms with Crippen LogP contribution in [0.3, 0.4) is 0 Å². The number of ether oxygens (including phenoxy) is 2. The van der Waals surface area contributed by atoms with Crippen molar-refractivity contribution in [1.29, 1.82) is 0 Å². The van der Waals surface area contributed by atoms with Gasteiger partial charge in [-0.25, -0.2) is 4.98 Å². The summed E-state index contributed by atoms with van der Waals surface area (Å²) >= 11 is 3.17. The van der Waals surface area contributed by atoms with Gasteiger partial charge in [-0.2, -0.15) is 0 Å². The third kappa shape index (κ3) is 5.97. The molecule has 0 fully saturated rings. The van der Waals surface area contributed by atoms with Crippen LogP contribution in [0.15, 0.2) is 52.3 Å². The number of thioether (sulfide) groups is 1. The van der Waals surface area contributed by atoms with Gasteiger partial charge in [-0.3, -0.25) is 9.78 Å². The highest BCUT2D eigenvalue weighted by atomic mass is 32.2. The largest absolute Gasteiger partial charge is 0.497 e. The number of methoxy groups -OCH3 is 2. The van der Waals surface area contributed by atoms with E-state index in [9.17, 15) is 4.79 Å². The highest BCUT2D eigenvalue weighted by Gasteiger charge is 2.09. The molecule has 0 spiro atoms. The minimum absolute atomic E-state index is 0.0648. The summed E-state index contributed by atoms with van der Waals surface area (Å²) in [5.41, 5.74) is 2.69. The van der Waals surface area contributed by atoms with Gasteiger partial charge in [0.2, 0.25) is 5.91 Å². The van der Waals surface area contributed by atoms with Gasteiger partial charge in [0.05, 0.1) is 38.6 Å². The lowest BCUT2D eigenvalue weighted by Crippen LogP contribution is -2.25. The molecule has 2 aromatic heterocycles. The summed E-state index contributed by atoms with van der Waals surface area (Å²) in [6, 6.07) is 11.4. The van der Waals surface area contributed by atoms with E-state index in [1.807, 2.05) is 41.8 Å². The van der Waals surface area contributed by atoms with Gasteiger partial charge in [0.15, 0.2) is 0 Å². The molecule has 3 aromatic rings. The summed E-state index contributed by atoms with van der Waals surface area (Å²) in [5, 5.41) is 4.79. The van der Waals surface area contributed by atoms with Gasteiger partial charge in [0, 0.05) is 23.4 Å². The molecular weight excluding hydrogens is 394 g/mol. The van der Waals surface area contributed by atoms with Crippen LogP contribution in [0.25, 0.3) is 0 Å². The third-order valence-electron chi connectivity index (χ3n) is 3.84. The molecule has 0 aliphatic heterocycles. The van der Waals surface area contributed by atoms with Crippen molar-refractivity contribution in [3.8, 4) is 11.5 Å². The van der Waals surface area contributed by atoms with E-state index >= 15 is 0 Å². The first-order valence-corrected chi connectivity index (χ1v) is 10.5. The van der Waals surface area contributed by atoms with E-state index in [-0.39, 0.29) is 12.3 Å². The van der Waals surface area contributed by atoms with Gasteiger partial charge in [-0.1, -0.05) is 17.8 Å². The Bertz CT molecular complexity index is 894. The van der Waals surface area contributed by atoms with Gasteiger partial charge in [-0.05, 0) is 29.8 Å². The lowest BCUT2D eigenvalue weighted by Gasteiger charge is -2.07. The SMILES string of the molecule is COc1cc(CSc2nc(CC(=O)NCc3ccccn3)cs2)cc(OC)c1. The average molecular weight is 416 g/mol. The van der Waals surface area contributed by atoms with Crippen LogP contribution in [0.1, 0.15) is 17.0 Å². The molecule has 3 rings (SSSR count). The molecule has 0 saturated heterocycles. The fraction of sp³-hybridized carbons (Fsp3) is 0.250. The van der Waals surface area contributed by atoms with Crippen molar-refractivity contribution in [2.45, 2.75) is 23.1 Å². The van der Waals surface area contributed by atoms with Crippen LogP contribution in [0, 0.1) is 0 Å². The molecule has 0 bridgehead atoms. The molecule has 0 atom stereocenters. The number of hydrogen-bond acceptors (Lipinski definition) is 7. The normalized spacial score (nSPS) is 10.5. The van der Waals surface area contributed by atoms with Crippen molar-refractivity contribution in [1.82, 2.24) is 15.3 Å². The Hall–Kier alpha value is -2.58. The lowest BCUT2D eigenvalue weighted by atomic mass is 10.2. The van der Waals surface area contributed by atoms with Crippen molar-refractivity contribution < 1.29 is 14.3 Å². The predicted molar refractivity (Wildman–Crippen MR) is 111 cm³/mol. The molecule has 1 amide bonds. The van der Waals surface area contributed by atoms with Crippen LogP contribution in [-0.2, 0) is 23.5 Å². The molecule has 146 valence electrons. The summed E-state index contributed by atoms with van der Waals surface area (Å²) in [5.74, 6) is 2.20. The summed E-state index contributed by atoms with van der Waals surface area (Å²) < 4.78 is 11.5. The van der Waals surface area contributed by atoms with Gasteiger partial charge in [0.25, 0.3) is 0 Å². The zero-order chi connectivity index (χ0) is 19.8. The number of nitrogens with one attached hydrogen (secondary N) is 1. The number of amides is 1. The topological polar surface area (TPSA) is 73.3 Å². The van der Waals surface area contributed by atoms with Crippen LogP contribution in [0.2, 0.25) is 0 Å². The minimum Gasteiger partial charge on any atom is -0.497 e. The number of nitrogens with zero attached hydrogens (tertiary/aromatic N) is 2. The van der Waals surface area contributed by atoms with E-state index in [1.165, 1.54) is 0 Å². The molecule has 6 nitrogen and oxygen atoms in total. The van der Waals surface area contributed by atoms with E-state index in [1.54, 1.807) is 43.5 Å². The maximum absolute atomic E-state index is 12.1. The molecule has 8 heteroatoms. The smallest absolute Gasteiger partial charge is 0.226 e. The molecule has 0 aliphatic carbocycles. The van der Waals surface area contributed by atoms with Crippen molar-refractivity contribution in [3.63, 3.8) is 0 Å². The zero-order valence-corrected chi connectivity index (χ0v) is 17.3. The zero-order valence-electron chi connectivity index (χ0n) is 15.7. The number of carbonyl (C=O) groups excluding carboxylic acids is 1. The number of thiazole rings is 1. The van der Waals surface area contributed by atoms with Gasteiger partial charge >= 0.3 is 0 Å². The Kier molecular flexibility index (Phi) is 7.27. The average Bonchev–Trinajstić information content (AvgIpc) is 3.18. The van der Waals surface area contributed by atoms with Crippen LogP contribution >= 0.6 is 23.1 Å². The number of carbonyl (C=O) groups is 1. The Morgan fingerprint density at radius 3 is 2.61 bits per heavy atom. The Balaban J connectivity index is 1.51. The predicted octanol–water partition coefficient (Wildman–Crippen LogP) is 3.71. The number of hydrogen-bond donors (Lipinski definition) is 1. The van der Waals surface area contributed by atoms with E-state index < -0.39 is 0 Å². The maximum atomic E-state index is 12.1. The quantitative estimate of drug-likeness (QED) is 0.537. The van der Waals surface area contributed by atoms with Crippen molar-refractivity contribution in [2.75, 3.05) is 14.2 Å². The number of aromatic nitrogens is 2. The monoisotopic (exact) mass is 415 g/mol. The highest BCUT2D eigenvalue weighted by molar-refractivity contribution is 8.00. The molecule has 0 saturated carbocycles. The Morgan fingerprint density at radius 1 is 1.14 bits per heavy atom. The van der Waals surface area contributed by atoms with Crippen LogP contribution in [0.5, 0.6) is 11.5 Å². The van der Waals surface area contributed by atoms with Crippen LogP contribution in [-0.4, -0.2) is 30.1 Å². The first-order valence-electron chi connectivity index (χ1n) is 8.62. The fourth-order valence-corrected chi connectivity index (χ4v) is 4.22. The minimum atomic E-state index is -0.0648. The molecule has 1 aromatic carbocycles. The molecular formula is C20H21N3O3S2. The second-order valence-corrected chi connectivity index (χ2v) is 7.97. The first kappa shape index (κ1) is 20.2. The van der Waals surface area contributed by atoms with Gasteiger partial charge in [0.1, 0.15) is 15.8 Å². The molecule has 28 heavy (non-hydrogen) atoms. The van der Waals surface area contributed by atoms with Gasteiger partial charge < -0.3 is 14.8 Å². The van der Waals surface area contributed by atoms with Crippen LogP contribution in [0.4, 0.5) is 0 Å². The molecule has 2 heterocycles. The van der Waals surface area contributed by atoms with E-state index in [0.29, 0.717) is 6.54 Å². The lowest BCUT2D eigenvalue weighted by molar-refractivity contribution is -0.120. The number of pyridine rings is 1. The summed E-state index contributed by atoms with van der Waals surface area (Å²) in [6.45, 7) is 0.420. The van der Waals surface area contributed by atoms with Crippen molar-refractivity contribution in [3.05, 3.63) is 64.9 Å². The van der Waals surface area contributed by atoms with E-state index in [0.717, 1.165) is 38.5 Å². The maximum Gasteiger partial charge on any atom is 0.226 e. The van der Waals surface area contributed by atoms with Crippen molar-refractivity contribution >= 4 is 29.0 Å². The fourth-order valence-electron chi connectivity index (χ4n) is 2.45. The Morgan fingerprint density at radius 2 is 1.93 bits per heavy atom. The molecule has 0 unspecified atom stereocenters. The highest BCUT2D eigenvalue weighted by Crippen LogP contribution is 2.30. The van der Waals surface area contributed by atoms with Gasteiger partial charge in [-0.15, -0.1) is 11.3 Å². The number of benzene rings is 1. The summed E-state index contributed by atoms with van der Waals surface area (Å²) in [7, 11) is 3.27.